The van der Waals surface area contributed by atoms with Gasteiger partial charge in [-0.25, -0.2) is 0 Å². The van der Waals surface area contributed by atoms with Crippen LogP contribution in [0.5, 0.6) is 0 Å². The van der Waals surface area contributed by atoms with Gasteiger partial charge in [-0.3, -0.25) is 0 Å². The van der Waals surface area contributed by atoms with Crippen LogP contribution in [0.3, 0.4) is 0 Å². The van der Waals surface area contributed by atoms with Crippen LogP contribution in [0.2, 0.25) is 0 Å². The number of hydrogen-bond donors (Lipinski definition) is 1. The molecule has 2 rings (SSSR count). The van der Waals surface area contributed by atoms with Crippen LogP contribution in [0, 0.1) is 0 Å². The van der Waals surface area contributed by atoms with E-state index in [1.807, 2.05) is 11.3 Å². The van der Waals surface area contributed by atoms with Crippen molar-refractivity contribution in [1.29, 1.82) is 0 Å². The largest absolute Gasteiger partial charge is 0.324 e. The van der Waals surface area contributed by atoms with Crippen molar-refractivity contribution >= 4 is 11.3 Å². The summed E-state index contributed by atoms with van der Waals surface area (Å²) in [6.45, 7) is 0. The first-order valence-corrected chi connectivity index (χ1v) is 6.20. The zero-order valence-electron chi connectivity index (χ0n) is 8.41. The lowest BCUT2D eigenvalue weighted by molar-refractivity contribution is 0.609. The first kappa shape index (κ1) is 9.94. The van der Waals surface area contributed by atoms with Crippen molar-refractivity contribution in [2.75, 3.05) is 0 Å². The monoisotopic (exact) mass is 207 g/mol. The quantitative estimate of drug-likeness (QED) is 0.757. The summed E-state index contributed by atoms with van der Waals surface area (Å²) in [5.74, 6) is 0. The van der Waals surface area contributed by atoms with Gasteiger partial charge < -0.3 is 5.73 Å². The Morgan fingerprint density at radius 3 is 3.07 bits per heavy atom. The molecule has 0 spiro atoms. The molecule has 0 fully saturated rings. The first-order chi connectivity index (χ1) is 6.84. The van der Waals surface area contributed by atoms with Gasteiger partial charge in [0.15, 0.2) is 0 Å². The second-order valence-electron chi connectivity index (χ2n) is 3.96. The summed E-state index contributed by atoms with van der Waals surface area (Å²) >= 11 is 1.85. The zero-order chi connectivity index (χ0) is 9.80. The van der Waals surface area contributed by atoms with Crippen molar-refractivity contribution in [1.82, 2.24) is 0 Å². The molecule has 1 aliphatic rings. The van der Waals surface area contributed by atoms with Crippen LogP contribution in [0.25, 0.3) is 0 Å². The summed E-state index contributed by atoms with van der Waals surface area (Å²) in [5.41, 5.74) is 7.47. The number of nitrogens with two attached hydrogens (primary N) is 1. The molecule has 0 amide bonds. The van der Waals surface area contributed by atoms with E-state index in [0.717, 1.165) is 0 Å². The summed E-state index contributed by atoms with van der Waals surface area (Å²) < 4.78 is 0. The topological polar surface area (TPSA) is 26.0 Å². The van der Waals surface area contributed by atoms with Gasteiger partial charge in [-0.1, -0.05) is 17.7 Å². The third-order valence-corrected chi connectivity index (χ3v) is 3.69. The molecular weight excluding hydrogens is 190 g/mol. The Kier molecular flexibility index (Phi) is 3.38. The van der Waals surface area contributed by atoms with Gasteiger partial charge in [0.2, 0.25) is 0 Å². The van der Waals surface area contributed by atoms with E-state index >= 15 is 0 Å². The first-order valence-electron chi connectivity index (χ1n) is 5.32. The molecule has 2 N–H and O–H groups in total. The highest BCUT2D eigenvalue weighted by molar-refractivity contribution is 7.09. The van der Waals surface area contributed by atoms with E-state index in [0.29, 0.717) is 6.04 Å². The van der Waals surface area contributed by atoms with Crippen molar-refractivity contribution in [2.24, 2.45) is 5.73 Å². The molecule has 0 saturated carbocycles. The van der Waals surface area contributed by atoms with Gasteiger partial charge in [0.05, 0.1) is 0 Å². The molecule has 1 aromatic heterocycles. The fourth-order valence-corrected chi connectivity index (χ4v) is 2.69. The smallest absolute Gasteiger partial charge is 0.0226 e. The molecule has 1 aromatic rings. The van der Waals surface area contributed by atoms with Gasteiger partial charge in [-0.15, -0.1) is 11.3 Å². The van der Waals surface area contributed by atoms with Gasteiger partial charge >= 0.3 is 0 Å². The Hall–Kier alpha value is -0.600. The van der Waals surface area contributed by atoms with Crippen molar-refractivity contribution in [3.8, 4) is 0 Å². The molecule has 0 saturated heterocycles. The van der Waals surface area contributed by atoms with E-state index in [9.17, 15) is 0 Å². The second-order valence-corrected chi connectivity index (χ2v) is 4.99. The number of rotatable bonds is 3. The van der Waals surface area contributed by atoms with Crippen LogP contribution in [0.15, 0.2) is 29.2 Å². The molecule has 0 bridgehead atoms. The maximum Gasteiger partial charge on any atom is 0.0226 e. The lowest BCUT2D eigenvalue weighted by Crippen LogP contribution is -2.20. The zero-order valence-corrected chi connectivity index (χ0v) is 9.22. The Morgan fingerprint density at radius 1 is 1.43 bits per heavy atom. The fraction of sp³-hybridized carbons (Fsp3) is 0.500. The van der Waals surface area contributed by atoms with Crippen molar-refractivity contribution < 1.29 is 0 Å². The summed E-state index contributed by atoms with van der Waals surface area (Å²) in [6.07, 6.45) is 8.38. The maximum atomic E-state index is 5.90. The van der Waals surface area contributed by atoms with E-state index in [1.165, 1.54) is 37.0 Å². The van der Waals surface area contributed by atoms with Gasteiger partial charge in [-0.2, -0.15) is 0 Å². The van der Waals surface area contributed by atoms with Crippen molar-refractivity contribution in [3.63, 3.8) is 0 Å². The number of hydrogen-bond acceptors (Lipinski definition) is 2. The molecule has 0 radical (unpaired) electrons. The Morgan fingerprint density at radius 2 is 2.36 bits per heavy atom. The standard InChI is InChI=1S/C12H17NS/c13-11-4-1-3-10(9-11)6-7-12-5-2-8-14-12/h2,5,8-9,11H,1,3-4,6-7,13H2. The summed E-state index contributed by atoms with van der Waals surface area (Å²) in [5, 5.41) is 2.15. The molecule has 1 atom stereocenters. The second kappa shape index (κ2) is 4.76. The predicted molar refractivity (Wildman–Crippen MR) is 62.5 cm³/mol. The highest BCUT2D eigenvalue weighted by Gasteiger charge is 2.09. The lowest BCUT2D eigenvalue weighted by Gasteiger charge is -2.17. The third kappa shape index (κ3) is 2.69. The van der Waals surface area contributed by atoms with Crippen LogP contribution < -0.4 is 5.73 Å². The lowest BCUT2D eigenvalue weighted by atomic mass is 9.93. The fourth-order valence-electron chi connectivity index (χ4n) is 1.98. The molecule has 0 aromatic carbocycles. The Balaban J connectivity index is 1.86. The normalized spacial score (nSPS) is 22.1. The average molecular weight is 207 g/mol. The van der Waals surface area contributed by atoms with Crippen molar-refractivity contribution in [2.45, 2.75) is 38.1 Å². The van der Waals surface area contributed by atoms with Crippen LogP contribution in [0.1, 0.15) is 30.6 Å². The SMILES string of the molecule is NC1C=C(CCc2cccs2)CCC1. The van der Waals surface area contributed by atoms with Crippen LogP contribution in [-0.2, 0) is 6.42 Å². The van der Waals surface area contributed by atoms with Gasteiger partial charge in [-0.05, 0) is 43.6 Å². The summed E-state index contributed by atoms with van der Waals surface area (Å²) in [4.78, 5) is 1.49. The van der Waals surface area contributed by atoms with E-state index < -0.39 is 0 Å². The highest BCUT2D eigenvalue weighted by atomic mass is 32.1. The minimum absolute atomic E-state index is 0.321. The molecule has 0 aliphatic heterocycles. The molecule has 14 heavy (non-hydrogen) atoms. The van der Waals surface area contributed by atoms with Crippen LogP contribution in [0.4, 0.5) is 0 Å². The average Bonchev–Trinajstić information content (AvgIpc) is 2.67. The van der Waals surface area contributed by atoms with E-state index in [1.54, 1.807) is 5.57 Å². The summed E-state index contributed by atoms with van der Waals surface area (Å²) in [6, 6.07) is 4.66. The molecule has 1 aliphatic carbocycles. The highest BCUT2D eigenvalue weighted by Crippen LogP contribution is 2.22. The minimum Gasteiger partial charge on any atom is -0.324 e. The molecule has 2 heteroatoms. The van der Waals surface area contributed by atoms with E-state index in [4.69, 9.17) is 5.73 Å². The van der Waals surface area contributed by atoms with Crippen LogP contribution in [-0.4, -0.2) is 6.04 Å². The third-order valence-electron chi connectivity index (χ3n) is 2.76. The number of allylic oxidation sites excluding steroid dienone is 1. The maximum absolute atomic E-state index is 5.90. The van der Waals surface area contributed by atoms with Crippen molar-refractivity contribution in [3.05, 3.63) is 34.0 Å². The van der Waals surface area contributed by atoms with E-state index in [2.05, 4.69) is 23.6 Å². The Bertz CT molecular complexity index is 300. The van der Waals surface area contributed by atoms with Gasteiger partial charge in [0.1, 0.15) is 0 Å². The minimum atomic E-state index is 0.321. The Labute approximate surface area is 89.6 Å². The predicted octanol–water partition coefficient (Wildman–Crippen LogP) is 3.12. The molecule has 1 heterocycles. The van der Waals surface area contributed by atoms with E-state index in [-0.39, 0.29) is 0 Å². The number of thiophene rings is 1. The molecule has 76 valence electrons. The molecule has 1 nitrogen and oxygen atoms in total. The van der Waals surface area contributed by atoms with Crippen LogP contribution >= 0.6 is 11.3 Å². The molecule has 1 unspecified atom stereocenters. The summed E-state index contributed by atoms with van der Waals surface area (Å²) in [7, 11) is 0. The van der Waals surface area contributed by atoms with Gasteiger partial charge in [0.25, 0.3) is 0 Å². The number of aryl methyl sites for hydroxylation is 1. The molecular formula is C12H17NS. The van der Waals surface area contributed by atoms with Gasteiger partial charge in [0, 0.05) is 10.9 Å².